The molecule has 1 fully saturated rings. The summed E-state index contributed by atoms with van der Waals surface area (Å²) in [6.07, 6.45) is 3.87. The standard InChI is InChI=1S/C13H18ClN/c1-10(9-15)13(7-2-8-13)11-3-5-12(14)6-4-11/h3-6,10H,2,7-9,15H2,1H3. The largest absolute Gasteiger partial charge is 0.330 e. The maximum Gasteiger partial charge on any atom is 0.0406 e. The molecular weight excluding hydrogens is 206 g/mol. The summed E-state index contributed by atoms with van der Waals surface area (Å²) in [5, 5.41) is 0.814. The van der Waals surface area contributed by atoms with E-state index in [1.165, 1.54) is 24.8 Å². The van der Waals surface area contributed by atoms with E-state index in [1.807, 2.05) is 12.1 Å². The normalized spacial score (nSPS) is 20.7. The van der Waals surface area contributed by atoms with Crippen LogP contribution in [0.3, 0.4) is 0 Å². The third-order valence-corrected chi connectivity index (χ3v) is 4.21. The van der Waals surface area contributed by atoms with Gasteiger partial charge in [-0.05, 0) is 48.4 Å². The molecule has 0 radical (unpaired) electrons. The van der Waals surface area contributed by atoms with Crippen molar-refractivity contribution in [3.8, 4) is 0 Å². The van der Waals surface area contributed by atoms with Crippen molar-refractivity contribution in [2.24, 2.45) is 11.7 Å². The fourth-order valence-electron chi connectivity index (χ4n) is 2.63. The second-order valence-corrected chi connectivity index (χ2v) is 5.09. The molecule has 1 aromatic rings. The van der Waals surface area contributed by atoms with Crippen LogP contribution < -0.4 is 5.73 Å². The number of hydrogen-bond donors (Lipinski definition) is 1. The molecular formula is C13H18ClN. The highest BCUT2D eigenvalue weighted by Crippen LogP contribution is 2.49. The lowest BCUT2D eigenvalue weighted by molar-refractivity contribution is 0.161. The Bertz CT molecular complexity index is 327. The van der Waals surface area contributed by atoms with Gasteiger partial charge in [0.1, 0.15) is 0 Å². The molecule has 1 atom stereocenters. The molecule has 15 heavy (non-hydrogen) atoms. The van der Waals surface area contributed by atoms with Gasteiger partial charge in [0.25, 0.3) is 0 Å². The topological polar surface area (TPSA) is 26.0 Å². The molecule has 1 nitrogen and oxygen atoms in total. The maximum atomic E-state index is 5.91. The van der Waals surface area contributed by atoms with Crippen molar-refractivity contribution in [1.82, 2.24) is 0 Å². The predicted octanol–water partition coefficient (Wildman–Crippen LogP) is 3.36. The van der Waals surface area contributed by atoms with Gasteiger partial charge in [0.15, 0.2) is 0 Å². The highest BCUT2D eigenvalue weighted by atomic mass is 35.5. The minimum absolute atomic E-state index is 0.333. The summed E-state index contributed by atoms with van der Waals surface area (Å²) in [4.78, 5) is 0. The van der Waals surface area contributed by atoms with Crippen LogP contribution in [0.2, 0.25) is 5.02 Å². The Morgan fingerprint density at radius 1 is 1.33 bits per heavy atom. The van der Waals surface area contributed by atoms with Crippen LogP contribution in [0, 0.1) is 5.92 Å². The third kappa shape index (κ3) is 1.79. The van der Waals surface area contributed by atoms with Gasteiger partial charge >= 0.3 is 0 Å². The first-order valence-corrected chi connectivity index (χ1v) is 6.03. The van der Waals surface area contributed by atoms with E-state index in [0.717, 1.165) is 11.6 Å². The Morgan fingerprint density at radius 2 is 1.93 bits per heavy atom. The predicted molar refractivity (Wildman–Crippen MR) is 65.2 cm³/mol. The molecule has 2 rings (SSSR count). The average molecular weight is 224 g/mol. The molecule has 1 saturated carbocycles. The minimum Gasteiger partial charge on any atom is -0.330 e. The monoisotopic (exact) mass is 223 g/mol. The van der Waals surface area contributed by atoms with Gasteiger partial charge in [-0.25, -0.2) is 0 Å². The SMILES string of the molecule is CC(CN)C1(c2ccc(Cl)cc2)CCC1. The van der Waals surface area contributed by atoms with Crippen LogP contribution in [0.5, 0.6) is 0 Å². The van der Waals surface area contributed by atoms with E-state index in [0.29, 0.717) is 11.3 Å². The molecule has 0 aliphatic heterocycles. The first kappa shape index (κ1) is 11.0. The molecule has 1 aliphatic carbocycles. The quantitative estimate of drug-likeness (QED) is 0.836. The first-order valence-electron chi connectivity index (χ1n) is 5.65. The molecule has 2 heteroatoms. The molecule has 0 bridgehead atoms. The molecule has 0 heterocycles. The lowest BCUT2D eigenvalue weighted by Gasteiger charge is -2.47. The van der Waals surface area contributed by atoms with Crippen molar-refractivity contribution in [3.63, 3.8) is 0 Å². The summed E-state index contributed by atoms with van der Waals surface area (Å²) in [7, 11) is 0. The van der Waals surface area contributed by atoms with E-state index in [9.17, 15) is 0 Å². The fourth-order valence-corrected chi connectivity index (χ4v) is 2.76. The van der Waals surface area contributed by atoms with Crippen molar-refractivity contribution in [3.05, 3.63) is 34.9 Å². The number of nitrogens with two attached hydrogens (primary N) is 1. The Hall–Kier alpha value is -0.530. The van der Waals surface area contributed by atoms with Crippen molar-refractivity contribution >= 4 is 11.6 Å². The van der Waals surface area contributed by atoms with Gasteiger partial charge in [-0.2, -0.15) is 0 Å². The van der Waals surface area contributed by atoms with E-state index >= 15 is 0 Å². The molecule has 0 aromatic heterocycles. The lowest BCUT2D eigenvalue weighted by Crippen LogP contribution is -2.43. The first-order chi connectivity index (χ1) is 7.19. The van der Waals surface area contributed by atoms with Crippen molar-refractivity contribution in [1.29, 1.82) is 0 Å². The zero-order valence-electron chi connectivity index (χ0n) is 9.17. The highest BCUT2D eigenvalue weighted by molar-refractivity contribution is 6.30. The second-order valence-electron chi connectivity index (χ2n) is 4.65. The van der Waals surface area contributed by atoms with E-state index in [-0.39, 0.29) is 0 Å². The fraction of sp³-hybridized carbons (Fsp3) is 0.538. The molecule has 1 aliphatic rings. The average Bonchev–Trinajstić information content (AvgIpc) is 2.19. The van der Waals surface area contributed by atoms with Crippen LogP contribution in [0.15, 0.2) is 24.3 Å². The van der Waals surface area contributed by atoms with Gasteiger partial charge in [-0.1, -0.05) is 37.1 Å². The molecule has 0 saturated heterocycles. The van der Waals surface area contributed by atoms with E-state index < -0.39 is 0 Å². The Balaban J connectivity index is 2.30. The van der Waals surface area contributed by atoms with Crippen LogP contribution >= 0.6 is 11.6 Å². The zero-order chi connectivity index (χ0) is 10.9. The lowest BCUT2D eigenvalue weighted by atomic mass is 9.58. The Morgan fingerprint density at radius 3 is 2.33 bits per heavy atom. The second kappa shape index (κ2) is 4.15. The van der Waals surface area contributed by atoms with E-state index in [2.05, 4.69) is 19.1 Å². The van der Waals surface area contributed by atoms with Crippen LogP contribution in [-0.4, -0.2) is 6.54 Å². The third-order valence-electron chi connectivity index (χ3n) is 3.96. The molecule has 1 aromatic carbocycles. The summed E-state index contributed by atoms with van der Waals surface area (Å²) in [5.74, 6) is 0.562. The van der Waals surface area contributed by atoms with E-state index in [4.69, 9.17) is 17.3 Å². The van der Waals surface area contributed by atoms with Crippen LogP contribution in [0.1, 0.15) is 31.7 Å². The van der Waals surface area contributed by atoms with Crippen molar-refractivity contribution in [2.75, 3.05) is 6.54 Å². The number of rotatable bonds is 3. The Kier molecular flexibility index (Phi) is 3.03. The summed E-state index contributed by atoms with van der Waals surface area (Å²) >= 11 is 5.91. The number of hydrogen-bond acceptors (Lipinski definition) is 1. The van der Waals surface area contributed by atoms with Gasteiger partial charge in [0, 0.05) is 5.02 Å². The van der Waals surface area contributed by atoms with Crippen LogP contribution in [0.4, 0.5) is 0 Å². The molecule has 0 spiro atoms. The van der Waals surface area contributed by atoms with E-state index in [1.54, 1.807) is 0 Å². The highest BCUT2D eigenvalue weighted by Gasteiger charge is 2.42. The van der Waals surface area contributed by atoms with Gasteiger partial charge < -0.3 is 5.73 Å². The smallest absolute Gasteiger partial charge is 0.0406 e. The van der Waals surface area contributed by atoms with Gasteiger partial charge in [0.2, 0.25) is 0 Å². The van der Waals surface area contributed by atoms with Gasteiger partial charge in [-0.3, -0.25) is 0 Å². The molecule has 82 valence electrons. The van der Waals surface area contributed by atoms with Crippen LogP contribution in [-0.2, 0) is 5.41 Å². The summed E-state index contributed by atoms with van der Waals surface area (Å²) in [5.41, 5.74) is 7.55. The molecule has 0 amide bonds. The van der Waals surface area contributed by atoms with Gasteiger partial charge in [0.05, 0.1) is 0 Å². The summed E-state index contributed by atoms with van der Waals surface area (Å²) in [6, 6.07) is 8.29. The maximum absolute atomic E-state index is 5.91. The van der Waals surface area contributed by atoms with Crippen molar-refractivity contribution in [2.45, 2.75) is 31.6 Å². The zero-order valence-corrected chi connectivity index (χ0v) is 9.93. The number of benzene rings is 1. The summed E-state index contributed by atoms with van der Waals surface area (Å²) < 4.78 is 0. The van der Waals surface area contributed by atoms with Gasteiger partial charge in [-0.15, -0.1) is 0 Å². The minimum atomic E-state index is 0.333. The number of halogens is 1. The van der Waals surface area contributed by atoms with Crippen molar-refractivity contribution < 1.29 is 0 Å². The molecule has 2 N–H and O–H groups in total. The molecule has 1 unspecified atom stereocenters. The van der Waals surface area contributed by atoms with Crippen LogP contribution in [0.25, 0.3) is 0 Å². The Labute approximate surface area is 96.6 Å². The summed E-state index contributed by atoms with van der Waals surface area (Å²) in [6.45, 7) is 3.02.